The van der Waals surface area contributed by atoms with Gasteiger partial charge >= 0.3 is 6.03 Å². The van der Waals surface area contributed by atoms with Gasteiger partial charge in [-0.3, -0.25) is 14.9 Å². The molecule has 0 aromatic heterocycles. The maximum absolute atomic E-state index is 13.3. The summed E-state index contributed by atoms with van der Waals surface area (Å²) in [6.45, 7) is 5.06. The standard InChI is InChI=1S/C27H30Cl2N2O6/c1-4-6-7-8-12-37-24-20(28)14-17(15-21(24)29)13-19-25(32)30-27(34)31(26(19)33)18-9-10-22(36-11-5-2)23(16-18)35-3/h9-10,13-16H,4-8,11-12H2,1-3H3,(H,30,32,34)/b19-13-. The molecule has 198 valence electrons. The first-order valence-corrected chi connectivity index (χ1v) is 12.9. The van der Waals surface area contributed by atoms with E-state index in [0.29, 0.717) is 36.0 Å². The molecule has 0 unspecified atom stereocenters. The van der Waals surface area contributed by atoms with Gasteiger partial charge in [0.1, 0.15) is 5.57 Å². The maximum Gasteiger partial charge on any atom is 0.335 e. The van der Waals surface area contributed by atoms with Crippen LogP contribution in [0.1, 0.15) is 51.5 Å². The highest BCUT2D eigenvalue weighted by atomic mass is 35.5. The number of rotatable bonds is 12. The molecule has 8 nitrogen and oxygen atoms in total. The van der Waals surface area contributed by atoms with Crippen molar-refractivity contribution in [3.05, 3.63) is 51.5 Å². The number of unbranched alkanes of at least 4 members (excludes halogenated alkanes) is 3. The van der Waals surface area contributed by atoms with Gasteiger partial charge in [-0.25, -0.2) is 9.69 Å². The fourth-order valence-electron chi connectivity index (χ4n) is 3.69. The number of hydrogen-bond donors (Lipinski definition) is 1. The summed E-state index contributed by atoms with van der Waals surface area (Å²) in [6, 6.07) is 6.86. The van der Waals surface area contributed by atoms with E-state index in [-0.39, 0.29) is 21.3 Å². The number of carbonyl (C=O) groups is 3. The lowest BCUT2D eigenvalue weighted by molar-refractivity contribution is -0.122. The lowest BCUT2D eigenvalue weighted by atomic mass is 10.1. The van der Waals surface area contributed by atoms with Gasteiger partial charge in [0.05, 0.1) is 36.1 Å². The molecule has 2 aromatic rings. The molecule has 2 aromatic carbocycles. The number of amides is 4. The van der Waals surface area contributed by atoms with Gasteiger partial charge in [-0.05, 0) is 48.7 Å². The van der Waals surface area contributed by atoms with Gasteiger partial charge in [0.2, 0.25) is 0 Å². The Morgan fingerprint density at radius 3 is 2.27 bits per heavy atom. The number of hydrogen-bond acceptors (Lipinski definition) is 6. The molecule has 4 amide bonds. The maximum atomic E-state index is 13.3. The molecule has 37 heavy (non-hydrogen) atoms. The van der Waals surface area contributed by atoms with Crippen molar-refractivity contribution >= 4 is 52.8 Å². The van der Waals surface area contributed by atoms with E-state index in [1.165, 1.54) is 19.3 Å². The lowest BCUT2D eigenvalue weighted by Gasteiger charge is -2.27. The van der Waals surface area contributed by atoms with Crippen LogP contribution in [0.15, 0.2) is 35.9 Å². The predicted molar refractivity (Wildman–Crippen MR) is 144 cm³/mol. The third-order valence-electron chi connectivity index (χ3n) is 5.54. The summed E-state index contributed by atoms with van der Waals surface area (Å²) < 4.78 is 16.7. The number of barbiturate groups is 1. The van der Waals surface area contributed by atoms with Gasteiger partial charge in [0.25, 0.3) is 11.8 Å². The number of imide groups is 2. The average molecular weight is 549 g/mol. The monoisotopic (exact) mass is 548 g/mol. The molecule has 0 atom stereocenters. The fraction of sp³-hybridized carbons (Fsp3) is 0.370. The quantitative estimate of drug-likeness (QED) is 0.187. The number of carbonyl (C=O) groups excluding carboxylic acids is 3. The molecular formula is C27H30Cl2N2O6. The van der Waals surface area contributed by atoms with Crippen molar-refractivity contribution in [2.45, 2.75) is 46.0 Å². The number of nitrogens with one attached hydrogen (secondary N) is 1. The number of halogens is 2. The van der Waals surface area contributed by atoms with Crippen molar-refractivity contribution in [3.63, 3.8) is 0 Å². The Bertz CT molecular complexity index is 1170. The van der Waals surface area contributed by atoms with E-state index in [1.54, 1.807) is 24.3 Å². The Balaban J connectivity index is 1.86. The second-order valence-corrected chi connectivity index (χ2v) is 9.18. The SMILES string of the molecule is CCCCCCOc1c(Cl)cc(/C=C2/C(=O)NC(=O)N(c3ccc(OCCC)c(OC)c3)C2=O)cc1Cl. The summed E-state index contributed by atoms with van der Waals surface area (Å²) >= 11 is 12.8. The predicted octanol–water partition coefficient (Wildman–Crippen LogP) is 6.42. The molecule has 0 bridgehead atoms. The van der Waals surface area contributed by atoms with Crippen LogP contribution in [0.2, 0.25) is 10.0 Å². The first-order chi connectivity index (χ1) is 17.8. The van der Waals surface area contributed by atoms with Crippen LogP contribution in [0.25, 0.3) is 6.08 Å². The molecule has 0 radical (unpaired) electrons. The third kappa shape index (κ3) is 6.96. The van der Waals surface area contributed by atoms with Crippen LogP contribution in [-0.4, -0.2) is 38.2 Å². The van der Waals surface area contributed by atoms with E-state index in [1.807, 2.05) is 6.92 Å². The van der Waals surface area contributed by atoms with Crippen molar-refractivity contribution < 1.29 is 28.6 Å². The fourth-order valence-corrected chi connectivity index (χ4v) is 4.30. The molecule has 1 saturated heterocycles. The molecule has 0 saturated carbocycles. The van der Waals surface area contributed by atoms with Gasteiger partial charge in [0, 0.05) is 6.07 Å². The van der Waals surface area contributed by atoms with Gasteiger partial charge in [0.15, 0.2) is 17.2 Å². The van der Waals surface area contributed by atoms with Gasteiger partial charge in [-0.2, -0.15) is 0 Å². The summed E-state index contributed by atoms with van der Waals surface area (Å²) in [5, 5.41) is 2.69. The summed E-state index contributed by atoms with van der Waals surface area (Å²) in [7, 11) is 1.46. The molecule has 1 fully saturated rings. The largest absolute Gasteiger partial charge is 0.493 e. The summed E-state index contributed by atoms with van der Waals surface area (Å²) in [4.78, 5) is 39.3. The minimum absolute atomic E-state index is 0.212. The molecule has 3 rings (SSSR count). The number of nitrogens with zero attached hydrogens (tertiary/aromatic N) is 1. The molecule has 1 aliphatic rings. The highest BCUT2D eigenvalue weighted by Gasteiger charge is 2.37. The van der Waals surface area contributed by atoms with Gasteiger partial charge < -0.3 is 14.2 Å². The smallest absolute Gasteiger partial charge is 0.335 e. The number of methoxy groups -OCH3 is 1. The Morgan fingerprint density at radius 1 is 0.892 bits per heavy atom. The van der Waals surface area contributed by atoms with E-state index in [4.69, 9.17) is 37.4 Å². The molecule has 1 heterocycles. The average Bonchev–Trinajstić information content (AvgIpc) is 2.86. The second-order valence-electron chi connectivity index (χ2n) is 8.36. The molecule has 1 aliphatic heterocycles. The minimum Gasteiger partial charge on any atom is -0.493 e. The minimum atomic E-state index is -0.876. The second kappa shape index (κ2) is 13.4. The highest BCUT2D eigenvalue weighted by molar-refractivity contribution is 6.40. The van der Waals surface area contributed by atoms with Gasteiger partial charge in [-0.1, -0.05) is 56.3 Å². The van der Waals surface area contributed by atoms with Crippen molar-refractivity contribution in [1.29, 1.82) is 0 Å². The highest BCUT2D eigenvalue weighted by Crippen LogP contribution is 2.36. The summed E-state index contributed by atoms with van der Waals surface area (Å²) in [5.74, 6) is -0.471. The van der Waals surface area contributed by atoms with E-state index < -0.39 is 17.8 Å². The molecule has 0 spiro atoms. The van der Waals surface area contributed by atoms with E-state index in [0.717, 1.165) is 37.0 Å². The lowest BCUT2D eigenvalue weighted by Crippen LogP contribution is -2.54. The third-order valence-corrected chi connectivity index (χ3v) is 6.11. The van der Waals surface area contributed by atoms with E-state index >= 15 is 0 Å². The Morgan fingerprint density at radius 2 is 1.62 bits per heavy atom. The Kier molecular flexibility index (Phi) is 10.2. The molecule has 10 heteroatoms. The number of urea groups is 1. The zero-order valence-corrected chi connectivity index (χ0v) is 22.6. The van der Waals surface area contributed by atoms with Crippen LogP contribution in [0, 0.1) is 0 Å². The van der Waals surface area contributed by atoms with Crippen molar-refractivity contribution in [1.82, 2.24) is 5.32 Å². The van der Waals surface area contributed by atoms with Crippen LogP contribution in [-0.2, 0) is 9.59 Å². The number of ether oxygens (including phenoxy) is 3. The van der Waals surface area contributed by atoms with Crippen molar-refractivity contribution in [3.8, 4) is 17.2 Å². The van der Waals surface area contributed by atoms with Gasteiger partial charge in [-0.15, -0.1) is 0 Å². The van der Waals surface area contributed by atoms with E-state index in [2.05, 4.69) is 12.2 Å². The molecule has 0 aliphatic carbocycles. The molecular weight excluding hydrogens is 519 g/mol. The summed E-state index contributed by atoms with van der Waals surface area (Å²) in [6.07, 6.45) is 6.29. The number of anilines is 1. The van der Waals surface area contributed by atoms with Crippen molar-refractivity contribution in [2.24, 2.45) is 0 Å². The zero-order valence-electron chi connectivity index (χ0n) is 21.1. The molecule has 1 N–H and O–H groups in total. The Labute approximate surface area is 226 Å². The number of benzene rings is 2. The normalized spacial score (nSPS) is 14.7. The first-order valence-electron chi connectivity index (χ1n) is 12.1. The van der Waals surface area contributed by atoms with E-state index in [9.17, 15) is 14.4 Å². The van der Waals surface area contributed by atoms with Crippen LogP contribution < -0.4 is 24.4 Å². The topological polar surface area (TPSA) is 94.2 Å². The van der Waals surface area contributed by atoms with Crippen LogP contribution in [0.5, 0.6) is 17.2 Å². The van der Waals surface area contributed by atoms with Crippen LogP contribution >= 0.6 is 23.2 Å². The summed E-state index contributed by atoms with van der Waals surface area (Å²) in [5.41, 5.74) is 0.358. The van der Waals surface area contributed by atoms with Crippen LogP contribution in [0.4, 0.5) is 10.5 Å². The first kappa shape index (κ1) is 28.3. The zero-order chi connectivity index (χ0) is 26.9. The Hall–Kier alpha value is -3.23. The van der Waals surface area contributed by atoms with Crippen LogP contribution in [0.3, 0.4) is 0 Å². The van der Waals surface area contributed by atoms with Crippen molar-refractivity contribution in [2.75, 3.05) is 25.2 Å².